The molecule has 0 N–H and O–H groups in total. The van der Waals surface area contributed by atoms with E-state index in [4.69, 9.17) is 0 Å². The van der Waals surface area contributed by atoms with Gasteiger partial charge in [0.2, 0.25) is 0 Å². The Kier molecular flexibility index (Phi) is 1.21. The highest BCUT2D eigenvalue weighted by atomic mass is 19.3. The van der Waals surface area contributed by atoms with Gasteiger partial charge in [0.25, 0.3) is 5.92 Å². The SMILES string of the molecule is CC(C)C1C(F)(F)C12CCC2. The van der Waals surface area contributed by atoms with Crippen molar-refractivity contribution in [2.75, 3.05) is 0 Å². The summed E-state index contributed by atoms with van der Waals surface area (Å²) in [6.45, 7) is 3.82. The van der Waals surface area contributed by atoms with Gasteiger partial charge in [-0.05, 0) is 18.8 Å². The van der Waals surface area contributed by atoms with Gasteiger partial charge >= 0.3 is 0 Å². The van der Waals surface area contributed by atoms with Crippen molar-refractivity contribution >= 4 is 0 Å². The lowest BCUT2D eigenvalue weighted by Gasteiger charge is -2.26. The Morgan fingerprint density at radius 3 is 1.91 bits per heavy atom. The molecule has 0 radical (unpaired) electrons. The van der Waals surface area contributed by atoms with Gasteiger partial charge in [-0.3, -0.25) is 0 Å². The van der Waals surface area contributed by atoms with Gasteiger partial charge in [-0.15, -0.1) is 0 Å². The molecule has 2 aliphatic carbocycles. The number of hydrogen-bond acceptors (Lipinski definition) is 0. The smallest absolute Gasteiger partial charge is 0.206 e. The predicted octanol–water partition coefficient (Wildman–Crippen LogP) is 3.08. The Morgan fingerprint density at radius 2 is 1.82 bits per heavy atom. The van der Waals surface area contributed by atoms with Crippen LogP contribution in [0.3, 0.4) is 0 Å². The Hall–Kier alpha value is -0.140. The average molecular weight is 160 g/mol. The molecule has 11 heavy (non-hydrogen) atoms. The highest BCUT2D eigenvalue weighted by Crippen LogP contribution is 2.77. The van der Waals surface area contributed by atoms with Crippen molar-refractivity contribution in [1.29, 1.82) is 0 Å². The molecule has 2 fully saturated rings. The van der Waals surface area contributed by atoms with Crippen LogP contribution in [0, 0.1) is 17.3 Å². The summed E-state index contributed by atoms with van der Waals surface area (Å²) in [7, 11) is 0. The highest BCUT2D eigenvalue weighted by Gasteiger charge is 2.82. The van der Waals surface area contributed by atoms with Gasteiger partial charge in [-0.1, -0.05) is 20.3 Å². The van der Waals surface area contributed by atoms with E-state index in [0.29, 0.717) is 0 Å². The molecule has 2 rings (SSSR count). The van der Waals surface area contributed by atoms with E-state index >= 15 is 0 Å². The fourth-order valence-corrected chi connectivity index (χ4v) is 2.80. The summed E-state index contributed by atoms with van der Waals surface area (Å²) < 4.78 is 26.3. The molecule has 1 atom stereocenters. The summed E-state index contributed by atoms with van der Waals surface area (Å²) in [6, 6.07) is 0. The van der Waals surface area contributed by atoms with Gasteiger partial charge in [-0.2, -0.15) is 0 Å². The third kappa shape index (κ3) is 0.640. The van der Waals surface area contributed by atoms with Gasteiger partial charge in [0, 0.05) is 11.3 Å². The number of rotatable bonds is 1. The van der Waals surface area contributed by atoms with E-state index < -0.39 is 11.3 Å². The zero-order valence-electron chi connectivity index (χ0n) is 7.03. The van der Waals surface area contributed by atoms with E-state index in [2.05, 4.69) is 0 Å². The summed E-state index contributed by atoms with van der Waals surface area (Å²) in [5, 5.41) is 0. The van der Waals surface area contributed by atoms with Gasteiger partial charge in [-0.25, -0.2) is 8.78 Å². The van der Waals surface area contributed by atoms with E-state index in [1.54, 1.807) is 0 Å². The van der Waals surface area contributed by atoms with Crippen LogP contribution < -0.4 is 0 Å². The van der Waals surface area contributed by atoms with Gasteiger partial charge in [0.05, 0.1) is 0 Å². The molecule has 1 unspecified atom stereocenters. The maximum absolute atomic E-state index is 13.1. The van der Waals surface area contributed by atoms with E-state index in [0.717, 1.165) is 19.3 Å². The minimum Gasteiger partial charge on any atom is -0.206 e. The first-order valence-corrected chi connectivity index (χ1v) is 4.40. The van der Waals surface area contributed by atoms with E-state index in [9.17, 15) is 8.78 Å². The molecule has 0 nitrogen and oxygen atoms in total. The van der Waals surface area contributed by atoms with Crippen LogP contribution in [0.1, 0.15) is 33.1 Å². The molecular formula is C9H14F2. The monoisotopic (exact) mass is 160 g/mol. The van der Waals surface area contributed by atoms with Crippen molar-refractivity contribution in [3.8, 4) is 0 Å². The summed E-state index contributed by atoms with van der Waals surface area (Å²) in [5.74, 6) is -2.46. The van der Waals surface area contributed by atoms with Crippen molar-refractivity contribution < 1.29 is 8.78 Å². The number of hydrogen-bond donors (Lipinski definition) is 0. The molecular weight excluding hydrogens is 146 g/mol. The maximum Gasteiger partial charge on any atom is 0.257 e. The van der Waals surface area contributed by atoms with Gasteiger partial charge < -0.3 is 0 Å². The summed E-state index contributed by atoms with van der Waals surface area (Å²) in [4.78, 5) is 0. The summed E-state index contributed by atoms with van der Waals surface area (Å²) >= 11 is 0. The standard InChI is InChI=1S/C9H14F2/c1-6(2)7-8(4-3-5-8)9(7,10)11/h6-7H,3-5H2,1-2H3. The first kappa shape index (κ1) is 7.51. The van der Waals surface area contributed by atoms with E-state index in [1.807, 2.05) is 13.8 Å². The maximum atomic E-state index is 13.1. The largest absolute Gasteiger partial charge is 0.257 e. The van der Waals surface area contributed by atoms with Crippen LogP contribution >= 0.6 is 0 Å². The lowest BCUT2D eigenvalue weighted by atomic mass is 9.77. The molecule has 0 heterocycles. The highest BCUT2D eigenvalue weighted by molar-refractivity contribution is 5.22. The summed E-state index contributed by atoms with van der Waals surface area (Å²) in [5.41, 5.74) is -0.527. The quantitative estimate of drug-likeness (QED) is 0.553. The summed E-state index contributed by atoms with van der Waals surface area (Å²) in [6.07, 6.45) is 2.55. The molecule has 0 aromatic carbocycles. The second-order valence-electron chi connectivity index (χ2n) is 4.35. The van der Waals surface area contributed by atoms with Crippen molar-refractivity contribution in [2.24, 2.45) is 17.3 Å². The van der Waals surface area contributed by atoms with Crippen LogP contribution in [-0.2, 0) is 0 Å². The Morgan fingerprint density at radius 1 is 1.27 bits per heavy atom. The van der Waals surface area contributed by atoms with Crippen molar-refractivity contribution in [3.05, 3.63) is 0 Å². The van der Waals surface area contributed by atoms with Crippen LogP contribution in [0.25, 0.3) is 0 Å². The molecule has 0 aromatic rings. The van der Waals surface area contributed by atoms with E-state index in [1.165, 1.54) is 0 Å². The lowest BCUT2D eigenvalue weighted by molar-refractivity contribution is 0.0268. The van der Waals surface area contributed by atoms with Crippen molar-refractivity contribution in [1.82, 2.24) is 0 Å². The topological polar surface area (TPSA) is 0 Å². The van der Waals surface area contributed by atoms with Gasteiger partial charge in [0.15, 0.2) is 0 Å². The molecule has 0 bridgehead atoms. The fraction of sp³-hybridized carbons (Fsp3) is 1.00. The number of alkyl halides is 2. The molecule has 2 aliphatic rings. The third-order valence-corrected chi connectivity index (χ3v) is 3.48. The first-order chi connectivity index (χ1) is 5.02. The second kappa shape index (κ2) is 1.78. The molecule has 0 aliphatic heterocycles. The Bertz CT molecular complexity index is 180. The van der Waals surface area contributed by atoms with Crippen LogP contribution in [-0.4, -0.2) is 5.92 Å². The molecule has 0 aromatic heterocycles. The zero-order valence-corrected chi connectivity index (χ0v) is 7.03. The molecule has 2 saturated carbocycles. The van der Waals surface area contributed by atoms with Crippen molar-refractivity contribution in [3.63, 3.8) is 0 Å². The van der Waals surface area contributed by atoms with Crippen molar-refractivity contribution in [2.45, 2.75) is 39.0 Å². The predicted molar refractivity (Wildman–Crippen MR) is 39.6 cm³/mol. The molecule has 0 saturated heterocycles. The molecule has 0 amide bonds. The number of halogens is 2. The molecule has 1 spiro atoms. The van der Waals surface area contributed by atoms with E-state index in [-0.39, 0.29) is 11.8 Å². The third-order valence-electron chi connectivity index (χ3n) is 3.48. The van der Waals surface area contributed by atoms with Crippen LogP contribution in [0.4, 0.5) is 8.78 Å². The average Bonchev–Trinajstić information content (AvgIpc) is 2.25. The Balaban J connectivity index is 2.15. The zero-order chi connectivity index (χ0) is 8.28. The van der Waals surface area contributed by atoms with Crippen LogP contribution in [0.5, 0.6) is 0 Å². The minimum absolute atomic E-state index is 0.158. The Labute approximate surface area is 66.0 Å². The van der Waals surface area contributed by atoms with Crippen LogP contribution in [0.15, 0.2) is 0 Å². The van der Waals surface area contributed by atoms with Crippen LogP contribution in [0.2, 0.25) is 0 Å². The minimum atomic E-state index is -2.32. The molecule has 2 heteroatoms. The first-order valence-electron chi connectivity index (χ1n) is 4.40. The second-order valence-corrected chi connectivity index (χ2v) is 4.35. The molecule has 64 valence electrons. The fourth-order valence-electron chi connectivity index (χ4n) is 2.80. The normalized spacial score (nSPS) is 37.4. The van der Waals surface area contributed by atoms with Gasteiger partial charge in [0.1, 0.15) is 0 Å². The lowest BCUT2D eigenvalue weighted by Crippen LogP contribution is -2.20.